The molecule has 0 spiro atoms. The van der Waals surface area contributed by atoms with Gasteiger partial charge >= 0.3 is 6.09 Å². The van der Waals surface area contributed by atoms with Crippen LogP contribution in [0.1, 0.15) is 32.9 Å². The second-order valence-electron chi connectivity index (χ2n) is 6.49. The fourth-order valence-electron chi connectivity index (χ4n) is 3.10. The van der Waals surface area contributed by atoms with Crippen LogP contribution in [0.25, 0.3) is 0 Å². The maximum absolute atomic E-state index is 12.9. The van der Waals surface area contributed by atoms with Gasteiger partial charge in [-0.3, -0.25) is 4.79 Å². The molecule has 2 heterocycles. The predicted molar refractivity (Wildman–Crippen MR) is 105 cm³/mol. The minimum absolute atomic E-state index is 0.0134. The molecule has 1 fully saturated rings. The van der Waals surface area contributed by atoms with Crippen LogP contribution in [0.3, 0.4) is 0 Å². The molecule has 1 aromatic carbocycles. The Kier molecular flexibility index (Phi) is 6.45. The third kappa shape index (κ3) is 4.86. The summed E-state index contributed by atoms with van der Waals surface area (Å²) in [6.07, 6.45) is 1.45. The summed E-state index contributed by atoms with van der Waals surface area (Å²) in [5.41, 5.74) is 2.06. The molecule has 1 saturated heterocycles. The SMILES string of the molecule is CCOC(=O)N1CCN(C(=O)c2sc(CCc3ccccc3)nc2C)CC1. The number of carbonyl (C=O) groups excluding carboxylic acids is 2. The number of carbonyl (C=O) groups is 2. The number of hydrogen-bond acceptors (Lipinski definition) is 5. The van der Waals surface area contributed by atoms with Gasteiger partial charge in [-0.2, -0.15) is 0 Å². The molecule has 1 aromatic heterocycles. The second kappa shape index (κ2) is 8.99. The van der Waals surface area contributed by atoms with Crippen molar-refractivity contribution < 1.29 is 14.3 Å². The highest BCUT2D eigenvalue weighted by molar-refractivity contribution is 7.13. The zero-order valence-electron chi connectivity index (χ0n) is 15.8. The Hall–Kier alpha value is -2.41. The van der Waals surface area contributed by atoms with Gasteiger partial charge in [0.1, 0.15) is 4.88 Å². The minimum atomic E-state index is -0.304. The molecule has 144 valence electrons. The van der Waals surface area contributed by atoms with Crippen LogP contribution in [0.5, 0.6) is 0 Å². The number of rotatable bonds is 5. The van der Waals surface area contributed by atoms with Crippen LogP contribution in [0.4, 0.5) is 4.79 Å². The van der Waals surface area contributed by atoms with Crippen molar-refractivity contribution in [3.63, 3.8) is 0 Å². The van der Waals surface area contributed by atoms with Gasteiger partial charge in [-0.15, -0.1) is 11.3 Å². The monoisotopic (exact) mass is 387 g/mol. The van der Waals surface area contributed by atoms with Crippen molar-refractivity contribution >= 4 is 23.3 Å². The molecule has 27 heavy (non-hydrogen) atoms. The van der Waals surface area contributed by atoms with Crippen molar-refractivity contribution in [1.29, 1.82) is 0 Å². The standard InChI is InChI=1S/C20H25N3O3S/c1-3-26-20(25)23-13-11-22(12-14-23)19(24)18-15(2)21-17(27-18)10-9-16-7-5-4-6-8-16/h4-8H,3,9-14H2,1-2H3. The normalized spacial score (nSPS) is 14.3. The number of nitrogens with zero attached hydrogens (tertiary/aromatic N) is 3. The van der Waals surface area contributed by atoms with Crippen LogP contribution in [0.15, 0.2) is 30.3 Å². The Bertz CT molecular complexity index is 783. The van der Waals surface area contributed by atoms with Gasteiger partial charge in [0.15, 0.2) is 0 Å². The molecule has 2 amide bonds. The summed E-state index contributed by atoms with van der Waals surface area (Å²) in [4.78, 5) is 33.4. The van der Waals surface area contributed by atoms with Crippen molar-refractivity contribution in [3.05, 3.63) is 51.5 Å². The first-order valence-electron chi connectivity index (χ1n) is 9.29. The van der Waals surface area contributed by atoms with Gasteiger partial charge in [0, 0.05) is 32.6 Å². The number of aryl methyl sites for hydroxylation is 3. The van der Waals surface area contributed by atoms with Crippen molar-refractivity contribution in [2.24, 2.45) is 0 Å². The Balaban J connectivity index is 1.57. The molecule has 7 heteroatoms. The average Bonchev–Trinajstić information content (AvgIpc) is 3.07. The lowest BCUT2D eigenvalue weighted by atomic mass is 10.1. The van der Waals surface area contributed by atoms with Gasteiger partial charge in [-0.05, 0) is 25.8 Å². The van der Waals surface area contributed by atoms with E-state index in [0.29, 0.717) is 37.7 Å². The molecule has 0 unspecified atom stereocenters. The van der Waals surface area contributed by atoms with E-state index in [1.165, 1.54) is 16.9 Å². The Labute approximate surface area is 163 Å². The molecule has 3 rings (SSSR count). The summed E-state index contributed by atoms with van der Waals surface area (Å²) in [5.74, 6) is 0.0134. The summed E-state index contributed by atoms with van der Waals surface area (Å²) in [6.45, 7) is 6.10. The zero-order chi connectivity index (χ0) is 19.2. The molecule has 6 nitrogen and oxygen atoms in total. The lowest BCUT2D eigenvalue weighted by molar-refractivity contribution is 0.0573. The van der Waals surface area contributed by atoms with Crippen LogP contribution in [0, 0.1) is 6.92 Å². The number of piperazine rings is 1. The fourth-order valence-corrected chi connectivity index (χ4v) is 4.14. The van der Waals surface area contributed by atoms with Crippen molar-refractivity contribution in [1.82, 2.24) is 14.8 Å². The van der Waals surface area contributed by atoms with E-state index in [2.05, 4.69) is 17.1 Å². The lowest BCUT2D eigenvalue weighted by Gasteiger charge is -2.33. The highest BCUT2D eigenvalue weighted by Gasteiger charge is 2.27. The number of thiazole rings is 1. The molecule has 0 bridgehead atoms. The lowest BCUT2D eigenvalue weighted by Crippen LogP contribution is -2.50. The number of hydrogen-bond donors (Lipinski definition) is 0. The van der Waals surface area contributed by atoms with Crippen LogP contribution in [-0.4, -0.2) is 59.6 Å². The summed E-state index contributed by atoms with van der Waals surface area (Å²) in [7, 11) is 0. The number of aromatic nitrogens is 1. The van der Waals surface area contributed by atoms with E-state index >= 15 is 0 Å². The first-order chi connectivity index (χ1) is 13.1. The predicted octanol–water partition coefficient (Wildman–Crippen LogP) is 3.15. The highest BCUT2D eigenvalue weighted by atomic mass is 32.1. The number of ether oxygens (including phenoxy) is 1. The summed E-state index contributed by atoms with van der Waals surface area (Å²) in [6, 6.07) is 10.3. The van der Waals surface area contributed by atoms with Crippen LogP contribution >= 0.6 is 11.3 Å². The van der Waals surface area contributed by atoms with Crippen LogP contribution in [-0.2, 0) is 17.6 Å². The maximum Gasteiger partial charge on any atom is 0.409 e. The van der Waals surface area contributed by atoms with E-state index in [-0.39, 0.29) is 12.0 Å². The van der Waals surface area contributed by atoms with Crippen LogP contribution < -0.4 is 0 Å². The molecule has 0 N–H and O–H groups in total. The summed E-state index contributed by atoms with van der Waals surface area (Å²) < 4.78 is 5.02. The van der Waals surface area contributed by atoms with E-state index in [0.717, 1.165) is 23.5 Å². The highest BCUT2D eigenvalue weighted by Crippen LogP contribution is 2.22. The van der Waals surface area contributed by atoms with E-state index in [9.17, 15) is 9.59 Å². The van der Waals surface area contributed by atoms with Gasteiger partial charge in [0.05, 0.1) is 17.3 Å². The van der Waals surface area contributed by atoms with Gasteiger partial charge in [-0.25, -0.2) is 9.78 Å². The van der Waals surface area contributed by atoms with Crippen molar-refractivity contribution in [2.75, 3.05) is 32.8 Å². The minimum Gasteiger partial charge on any atom is -0.450 e. The quantitative estimate of drug-likeness (QED) is 0.791. The third-order valence-electron chi connectivity index (χ3n) is 4.60. The Morgan fingerprint density at radius 2 is 1.74 bits per heavy atom. The topological polar surface area (TPSA) is 62.7 Å². The second-order valence-corrected chi connectivity index (χ2v) is 7.57. The smallest absolute Gasteiger partial charge is 0.409 e. The fraction of sp³-hybridized carbons (Fsp3) is 0.450. The van der Waals surface area contributed by atoms with E-state index in [1.807, 2.05) is 25.1 Å². The molecular formula is C20H25N3O3S. The molecule has 1 aliphatic rings. The summed E-state index contributed by atoms with van der Waals surface area (Å²) in [5, 5.41) is 0.991. The van der Waals surface area contributed by atoms with Gasteiger partial charge in [-0.1, -0.05) is 30.3 Å². The molecule has 0 radical (unpaired) electrons. The molecular weight excluding hydrogens is 362 g/mol. The molecule has 1 aliphatic heterocycles. The first kappa shape index (κ1) is 19.4. The molecule has 0 atom stereocenters. The maximum atomic E-state index is 12.9. The third-order valence-corrected chi connectivity index (χ3v) is 5.80. The van der Waals surface area contributed by atoms with Gasteiger partial charge < -0.3 is 14.5 Å². The first-order valence-corrected chi connectivity index (χ1v) is 10.1. The van der Waals surface area contributed by atoms with Crippen LogP contribution in [0.2, 0.25) is 0 Å². The number of amides is 2. The van der Waals surface area contributed by atoms with Gasteiger partial charge in [0.25, 0.3) is 5.91 Å². The zero-order valence-corrected chi connectivity index (χ0v) is 16.6. The van der Waals surface area contributed by atoms with Crippen molar-refractivity contribution in [3.8, 4) is 0 Å². The van der Waals surface area contributed by atoms with E-state index in [4.69, 9.17) is 4.74 Å². The molecule has 0 aliphatic carbocycles. The van der Waals surface area contributed by atoms with E-state index < -0.39 is 0 Å². The number of benzene rings is 1. The molecule has 2 aromatic rings. The molecule has 0 saturated carbocycles. The van der Waals surface area contributed by atoms with Crippen molar-refractivity contribution in [2.45, 2.75) is 26.7 Å². The Morgan fingerprint density at radius 1 is 1.07 bits per heavy atom. The Morgan fingerprint density at radius 3 is 2.41 bits per heavy atom. The average molecular weight is 388 g/mol. The van der Waals surface area contributed by atoms with E-state index in [1.54, 1.807) is 16.7 Å². The summed E-state index contributed by atoms with van der Waals surface area (Å²) >= 11 is 1.49. The van der Waals surface area contributed by atoms with Gasteiger partial charge in [0.2, 0.25) is 0 Å². The largest absolute Gasteiger partial charge is 0.450 e.